The lowest BCUT2D eigenvalue weighted by Crippen LogP contribution is -2.48. The van der Waals surface area contributed by atoms with Crippen LogP contribution >= 0.6 is 0 Å². The highest BCUT2D eigenvalue weighted by Crippen LogP contribution is 2.38. The second-order valence-corrected chi connectivity index (χ2v) is 7.90. The van der Waals surface area contributed by atoms with Gasteiger partial charge in [-0.15, -0.1) is 0 Å². The van der Waals surface area contributed by atoms with Crippen LogP contribution in [0.5, 0.6) is 17.2 Å². The number of carbonyl (C=O) groups excluding carboxylic acids is 1. The molecule has 0 bridgehead atoms. The highest BCUT2D eigenvalue weighted by Gasteiger charge is 2.28. The van der Waals surface area contributed by atoms with Crippen molar-refractivity contribution in [3.05, 3.63) is 64.9 Å². The molecule has 3 aromatic rings. The zero-order valence-corrected chi connectivity index (χ0v) is 20.2. The predicted molar refractivity (Wildman–Crippen MR) is 131 cm³/mol. The summed E-state index contributed by atoms with van der Waals surface area (Å²) in [5.41, 5.74) is 1.36. The molecule has 9 nitrogen and oxygen atoms in total. The van der Waals surface area contributed by atoms with Crippen LogP contribution in [0.3, 0.4) is 0 Å². The fourth-order valence-electron chi connectivity index (χ4n) is 3.93. The van der Waals surface area contributed by atoms with Crippen molar-refractivity contribution in [3.8, 4) is 23.3 Å². The summed E-state index contributed by atoms with van der Waals surface area (Å²) < 4.78 is 35.0. The van der Waals surface area contributed by atoms with Gasteiger partial charge in [-0.05, 0) is 35.9 Å². The molecule has 10 heteroatoms. The van der Waals surface area contributed by atoms with Crippen molar-refractivity contribution in [1.29, 1.82) is 5.26 Å². The van der Waals surface area contributed by atoms with E-state index in [-0.39, 0.29) is 23.3 Å². The summed E-state index contributed by atoms with van der Waals surface area (Å²) in [5.74, 6) is 1.36. The van der Waals surface area contributed by atoms with Crippen molar-refractivity contribution < 1.29 is 27.8 Å². The number of ether oxygens (including phenoxy) is 3. The molecule has 1 aliphatic rings. The molecule has 1 aliphatic heterocycles. The third-order valence-electron chi connectivity index (χ3n) is 5.79. The molecule has 0 atom stereocenters. The normalized spacial score (nSPS) is 13.5. The first-order valence-corrected chi connectivity index (χ1v) is 11.2. The number of halogens is 1. The zero-order chi connectivity index (χ0) is 25.7. The number of nitriles is 1. The van der Waals surface area contributed by atoms with Crippen LogP contribution in [0.2, 0.25) is 0 Å². The van der Waals surface area contributed by atoms with Crippen molar-refractivity contribution in [2.24, 2.45) is 0 Å². The zero-order valence-electron chi connectivity index (χ0n) is 20.2. The van der Waals surface area contributed by atoms with E-state index < -0.39 is 0 Å². The number of aromatic nitrogens is 1. The fraction of sp³-hybridized carbons (Fsp3) is 0.269. The minimum Gasteiger partial charge on any atom is -0.493 e. The van der Waals surface area contributed by atoms with E-state index in [0.29, 0.717) is 54.9 Å². The summed E-state index contributed by atoms with van der Waals surface area (Å²) in [6.07, 6.45) is 3.35. The Kier molecular flexibility index (Phi) is 7.39. The summed E-state index contributed by atoms with van der Waals surface area (Å²) in [4.78, 5) is 21.0. The van der Waals surface area contributed by atoms with Gasteiger partial charge < -0.3 is 28.4 Å². The third kappa shape index (κ3) is 5.10. The maximum absolute atomic E-state index is 13.2. The van der Waals surface area contributed by atoms with Crippen LogP contribution in [-0.2, 0) is 0 Å². The van der Waals surface area contributed by atoms with E-state index in [1.54, 1.807) is 41.3 Å². The van der Waals surface area contributed by atoms with E-state index in [1.165, 1.54) is 33.5 Å². The van der Waals surface area contributed by atoms with Gasteiger partial charge in [0.25, 0.3) is 5.91 Å². The third-order valence-corrected chi connectivity index (χ3v) is 5.79. The summed E-state index contributed by atoms with van der Waals surface area (Å²) in [5, 5.41) is 9.55. The van der Waals surface area contributed by atoms with Crippen molar-refractivity contribution in [2.75, 3.05) is 52.4 Å². The molecule has 186 valence electrons. The molecule has 36 heavy (non-hydrogen) atoms. The molecule has 0 unspecified atom stereocenters. The van der Waals surface area contributed by atoms with Crippen LogP contribution in [0, 0.1) is 17.1 Å². The van der Waals surface area contributed by atoms with Crippen molar-refractivity contribution in [3.63, 3.8) is 0 Å². The summed E-state index contributed by atoms with van der Waals surface area (Å²) in [6.45, 7) is 1.76. The van der Waals surface area contributed by atoms with Gasteiger partial charge in [-0.1, -0.05) is 12.1 Å². The molecule has 2 aromatic carbocycles. The lowest BCUT2D eigenvalue weighted by Gasteiger charge is -2.34. The van der Waals surface area contributed by atoms with Gasteiger partial charge in [-0.25, -0.2) is 4.39 Å². The predicted octanol–water partition coefficient (Wildman–Crippen LogP) is 3.84. The van der Waals surface area contributed by atoms with Crippen LogP contribution in [0.25, 0.3) is 12.2 Å². The highest BCUT2D eigenvalue weighted by molar-refractivity contribution is 5.96. The molecule has 4 rings (SSSR count). The van der Waals surface area contributed by atoms with Crippen LogP contribution < -0.4 is 19.1 Å². The van der Waals surface area contributed by atoms with Crippen LogP contribution in [0.15, 0.2) is 40.8 Å². The Morgan fingerprint density at radius 2 is 1.67 bits per heavy atom. The molecular formula is C26H25FN4O5. The molecule has 0 radical (unpaired) electrons. The van der Waals surface area contributed by atoms with E-state index in [0.717, 1.165) is 5.56 Å². The van der Waals surface area contributed by atoms with Gasteiger partial charge >= 0.3 is 0 Å². The largest absolute Gasteiger partial charge is 0.493 e. The second kappa shape index (κ2) is 10.8. The quantitative estimate of drug-likeness (QED) is 0.490. The molecule has 1 fully saturated rings. The summed E-state index contributed by atoms with van der Waals surface area (Å²) >= 11 is 0. The van der Waals surface area contributed by atoms with Gasteiger partial charge in [-0.2, -0.15) is 10.2 Å². The van der Waals surface area contributed by atoms with Gasteiger partial charge in [0.1, 0.15) is 11.9 Å². The first-order valence-electron chi connectivity index (χ1n) is 11.2. The van der Waals surface area contributed by atoms with Crippen molar-refractivity contribution >= 4 is 23.9 Å². The Bertz CT molecular complexity index is 1280. The maximum Gasteiger partial charge on any atom is 0.254 e. The molecule has 0 spiro atoms. The van der Waals surface area contributed by atoms with Gasteiger partial charge in [0.15, 0.2) is 11.5 Å². The number of hydrogen-bond donors (Lipinski definition) is 0. The van der Waals surface area contributed by atoms with E-state index in [4.69, 9.17) is 18.6 Å². The van der Waals surface area contributed by atoms with E-state index in [9.17, 15) is 14.4 Å². The topological polar surface area (TPSA) is 101 Å². The average Bonchev–Trinajstić information content (AvgIpc) is 3.34. The Morgan fingerprint density at radius 3 is 2.22 bits per heavy atom. The smallest absolute Gasteiger partial charge is 0.254 e. The van der Waals surface area contributed by atoms with Gasteiger partial charge in [-0.3, -0.25) is 4.79 Å². The number of nitrogens with zero attached hydrogens (tertiary/aromatic N) is 4. The Balaban J connectivity index is 1.46. The number of rotatable bonds is 7. The Hall–Kier alpha value is -4.52. The maximum atomic E-state index is 13.2. The van der Waals surface area contributed by atoms with E-state index >= 15 is 0 Å². The highest BCUT2D eigenvalue weighted by atomic mass is 19.1. The molecule has 0 N–H and O–H groups in total. The number of anilines is 1. The average molecular weight is 493 g/mol. The van der Waals surface area contributed by atoms with Gasteiger partial charge in [0, 0.05) is 37.8 Å². The van der Waals surface area contributed by atoms with Crippen LogP contribution in [0.4, 0.5) is 10.3 Å². The van der Waals surface area contributed by atoms with E-state index in [2.05, 4.69) is 11.1 Å². The minimum atomic E-state index is -0.319. The fourth-order valence-corrected chi connectivity index (χ4v) is 3.93. The molecular weight excluding hydrogens is 467 g/mol. The van der Waals surface area contributed by atoms with Gasteiger partial charge in [0.05, 0.1) is 21.3 Å². The molecule has 2 heterocycles. The lowest BCUT2D eigenvalue weighted by atomic mass is 10.1. The van der Waals surface area contributed by atoms with Crippen molar-refractivity contribution in [1.82, 2.24) is 9.88 Å². The molecule has 0 saturated carbocycles. The number of benzene rings is 2. The first kappa shape index (κ1) is 24.6. The number of piperazine rings is 1. The van der Waals surface area contributed by atoms with Crippen molar-refractivity contribution in [2.45, 2.75) is 0 Å². The number of carbonyl (C=O) groups is 1. The number of hydrogen-bond acceptors (Lipinski definition) is 8. The molecule has 1 saturated heterocycles. The van der Waals surface area contributed by atoms with Crippen LogP contribution in [0.1, 0.15) is 27.5 Å². The Labute approximate surface area is 207 Å². The minimum absolute atomic E-state index is 0.165. The first-order chi connectivity index (χ1) is 17.5. The lowest BCUT2D eigenvalue weighted by molar-refractivity contribution is 0.0744. The monoisotopic (exact) mass is 492 g/mol. The number of oxazole rings is 1. The standard InChI is InChI=1S/C26H25FN4O5/c1-33-21-14-18(15-22(34-2)24(21)35-3)25(32)30-10-12-31(13-11-30)26-20(16-28)29-23(36-26)9-6-17-4-7-19(27)8-5-17/h4-9,14-15H,10-13H2,1-3H3/b9-6+. The summed E-state index contributed by atoms with van der Waals surface area (Å²) in [7, 11) is 4.50. The molecule has 1 amide bonds. The van der Waals surface area contributed by atoms with Gasteiger partial charge in [0.2, 0.25) is 23.2 Å². The SMILES string of the molecule is COc1cc(C(=O)N2CCN(c3oc(/C=C/c4ccc(F)cc4)nc3C#N)CC2)cc(OC)c1OC. The number of methoxy groups -OCH3 is 3. The molecule has 1 aromatic heterocycles. The van der Waals surface area contributed by atoms with E-state index in [1.807, 2.05) is 4.90 Å². The second-order valence-electron chi connectivity index (χ2n) is 7.90. The van der Waals surface area contributed by atoms with Crippen LogP contribution in [-0.4, -0.2) is 63.3 Å². The Morgan fingerprint density at radius 1 is 1.03 bits per heavy atom. The number of amides is 1. The summed E-state index contributed by atoms with van der Waals surface area (Å²) in [6, 6.07) is 11.3. The molecule has 0 aliphatic carbocycles.